The maximum absolute atomic E-state index is 12.1. The molecule has 0 bridgehead atoms. The minimum Gasteiger partial charge on any atom is -0.380 e. The van der Waals surface area contributed by atoms with Crippen LogP contribution >= 0.6 is 0 Å². The lowest BCUT2D eigenvalue weighted by Crippen LogP contribution is -2.27. The van der Waals surface area contributed by atoms with E-state index in [2.05, 4.69) is 4.72 Å². The van der Waals surface area contributed by atoms with Gasteiger partial charge in [0, 0.05) is 37.6 Å². The van der Waals surface area contributed by atoms with Crippen LogP contribution in [0, 0.1) is 0 Å². The van der Waals surface area contributed by atoms with Gasteiger partial charge in [0.05, 0.1) is 11.5 Å². The van der Waals surface area contributed by atoms with E-state index in [0.29, 0.717) is 19.8 Å². The Morgan fingerprint density at radius 2 is 2.16 bits per heavy atom. The molecule has 0 saturated carbocycles. The standard InChI is InChI=1S/C12H23N3O3S/c1-4-18-6-5-14-19(16,17)12-7-11(8-13)15(9-12)10(2)3/h7,9-10,14H,4-6,8,13H2,1-3H3. The Labute approximate surface area is 115 Å². The number of rotatable bonds is 8. The van der Waals surface area contributed by atoms with E-state index in [4.69, 9.17) is 10.5 Å². The van der Waals surface area contributed by atoms with E-state index in [-0.39, 0.29) is 17.5 Å². The third kappa shape index (κ3) is 4.31. The van der Waals surface area contributed by atoms with E-state index in [9.17, 15) is 8.42 Å². The second-order valence-corrected chi connectivity index (χ2v) is 6.23. The van der Waals surface area contributed by atoms with E-state index in [1.807, 2.05) is 25.3 Å². The lowest BCUT2D eigenvalue weighted by atomic mass is 10.3. The molecule has 0 aliphatic carbocycles. The van der Waals surface area contributed by atoms with Crippen molar-refractivity contribution in [2.24, 2.45) is 5.73 Å². The van der Waals surface area contributed by atoms with Crippen LogP contribution in [-0.4, -0.2) is 32.7 Å². The summed E-state index contributed by atoms with van der Waals surface area (Å²) < 4.78 is 33.6. The van der Waals surface area contributed by atoms with Gasteiger partial charge in [-0.3, -0.25) is 0 Å². The van der Waals surface area contributed by atoms with Crippen molar-refractivity contribution < 1.29 is 13.2 Å². The minimum atomic E-state index is -3.49. The van der Waals surface area contributed by atoms with Crippen LogP contribution in [0.15, 0.2) is 17.2 Å². The molecule has 0 saturated heterocycles. The van der Waals surface area contributed by atoms with Gasteiger partial charge in [0.25, 0.3) is 0 Å². The van der Waals surface area contributed by atoms with E-state index in [1.165, 1.54) is 0 Å². The van der Waals surface area contributed by atoms with Gasteiger partial charge in [-0.2, -0.15) is 0 Å². The summed E-state index contributed by atoms with van der Waals surface area (Å²) in [7, 11) is -3.49. The first-order valence-electron chi connectivity index (χ1n) is 6.40. The zero-order valence-corrected chi connectivity index (χ0v) is 12.5. The summed E-state index contributed by atoms with van der Waals surface area (Å²) in [4.78, 5) is 0.248. The van der Waals surface area contributed by atoms with Crippen molar-refractivity contribution in [1.82, 2.24) is 9.29 Å². The van der Waals surface area contributed by atoms with Crippen LogP contribution in [0.5, 0.6) is 0 Å². The van der Waals surface area contributed by atoms with Crippen LogP contribution < -0.4 is 10.5 Å². The Morgan fingerprint density at radius 1 is 1.47 bits per heavy atom. The summed E-state index contributed by atoms with van der Waals surface area (Å²) in [5.74, 6) is 0. The van der Waals surface area contributed by atoms with E-state index in [0.717, 1.165) is 5.69 Å². The summed E-state index contributed by atoms with van der Waals surface area (Å²) in [6.07, 6.45) is 1.62. The lowest BCUT2D eigenvalue weighted by molar-refractivity contribution is 0.153. The summed E-state index contributed by atoms with van der Waals surface area (Å²) >= 11 is 0. The highest BCUT2D eigenvalue weighted by Crippen LogP contribution is 2.18. The fourth-order valence-corrected chi connectivity index (χ4v) is 2.83. The molecule has 110 valence electrons. The molecule has 0 atom stereocenters. The van der Waals surface area contributed by atoms with Gasteiger partial charge < -0.3 is 15.0 Å². The number of nitrogens with zero attached hydrogens (tertiary/aromatic N) is 1. The molecule has 0 radical (unpaired) electrons. The molecule has 0 aliphatic rings. The average molecular weight is 289 g/mol. The third-order valence-corrected chi connectivity index (χ3v) is 4.15. The van der Waals surface area contributed by atoms with Crippen molar-refractivity contribution in [1.29, 1.82) is 0 Å². The molecule has 0 fully saturated rings. The maximum atomic E-state index is 12.1. The summed E-state index contributed by atoms with van der Waals surface area (Å²) in [6, 6.07) is 1.79. The molecule has 1 aromatic rings. The first-order valence-corrected chi connectivity index (χ1v) is 7.89. The molecule has 19 heavy (non-hydrogen) atoms. The molecule has 1 heterocycles. The predicted octanol–water partition coefficient (Wildman–Crippen LogP) is 0.843. The molecule has 7 heteroatoms. The molecule has 6 nitrogen and oxygen atoms in total. The largest absolute Gasteiger partial charge is 0.380 e. The minimum absolute atomic E-state index is 0.172. The Hall–Kier alpha value is -0.890. The normalized spacial score (nSPS) is 12.3. The zero-order chi connectivity index (χ0) is 14.5. The molecular weight excluding hydrogens is 266 g/mol. The van der Waals surface area contributed by atoms with Crippen LogP contribution in [-0.2, 0) is 21.3 Å². The lowest BCUT2D eigenvalue weighted by Gasteiger charge is -2.10. The highest BCUT2D eigenvalue weighted by atomic mass is 32.2. The van der Waals surface area contributed by atoms with E-state index >= 15 is 0 Å². The van der Waals surface area contributed by atoms with Crippen LogP contribution in [0.25, 0.3) is 0 Å². The smallest absolute Gasteiger partial charge is 0.242 e. The van der Waals surface area contributed by atoms with E-state index < -0.39 is 10.0 Å². The number of aromatic nitrogens is 1. The maximum Gasteiger partial charge on any atom is 0.242 e. The number of hydrogen-bond acceptors (Lipinski definition) is 4. The van der Waals surface area contributed by atoms with Gasteiger partial charge in [-0.25, -0.2) is 13.1 Å². The van der Waals surface area contributed by atoms with Crippen molar-refractivity contribution in [3.05, 3.63) is 18.0 Å². The number of nitrogens with two attached hydrogens (primary N) is 1. The van der Waals surface area contributed by atoms with Crippen LogP contribution in [0.3, 0.4) is 0 Å². The van der Waals surface area contributed by atoms with Crippen molar-refractivity contribution >= 4 is 10.0 Å². The van der Waals surface area contributed by atoms with Crippen LogP contribution in [0.1, 0.15) is 32.5 Å². The van der Waals surface area contributed by atoms with Gasteiger partial charge in [0.1, 0.15) is 0 Å². The molecule has 0 amide bonds. The molecule has 0 unspecified atom stereocenters. The Balaban J connectivity index is 2.83. The summed E-state index contributed by atoms with van der Waals surface area (Å²) in [5, 5.41) is 0. The van der Waals surface area contributed by atoms with Gasteiger partial charge in [0.2, 0.25) is 10.0 Å². The van der Waals surface area contributed by atoms with Gasteiger partial charge in [-0.1, -0.05) is 0 Å². The van der Waals surface area contributed by atoms with Crippen molar-refractivity contribution in [3.63, 3.8) is 0 Å². The third-order valence-electron chi connectivity index (χ3n) is 2.73. The van der Waals surface area contributed by atoms with Crippen LogP contribution in [0.4, 0.5) is 0 Å². The SMILES string of the molecule is CCOCCNS(=O)(=O)c1cc(CN)n(C(C)C)c1. The molecule has 3 N–H and O–H groups in total. The molecule has 0 spiro atoms. The first-order chi connectivity index (χ1) is 8.92. The Bertz CT molecular complexity index is 494. The average Bonchev–Trinajstić information content (AvgIpc) is 2.79. The molecule has 0 aliphatic heterocycles. The van der Waals surface area contributed by atoms with Crippen molar-refractivity contribution in [3.8, 4) is 0 Å². The highest BCUT2D eigenvalue weighted by Gasteiger charge is 2.18. The first kappa shape index (κ1) is 16.2. The van der Waals surface area contributed by atoms with E-state index in [1.54, 1.807) is 12.3 Å². The fourth-order valence-electron chi connectivity index (χ4n) is 1.76. The number of sulfonamides is 1. The van der Waals surface area contributed by atoms with Gasteiger partial charge in [-0.05, 0) is 26.8 Å². The number of ether oxygens (including phenoxy) is 1. The topological polar surface area (TPSA) is 86.3 Å². The second-order valence-electron chi connectivity index (χ2n) is 4.47. The van der Waals surface area contributed by atoms with Gasteiger partial charge in [-0.15, -0.1) is 0 Å². The summed E-state index contributed by atoms with van der Waals surface area (Å²) in [6.45, 7) is 7.35. The monoisotopic (exact) mass is 289 g/mol. The van der Waals surface area contributed by atoms with Crippen molar-refractivity contribution in [2.45, 2.75) is 38.3 Å². The predicted molar refractivity (Wildman–Crippen MR) is 74.4 cm³/mol. The van der Waals surface area contributed by atoms with Crippen molar-refractivity contribution in [2.75, 3.05) is 19.8 Å². The van der Waals surface area contributed by atoms with Gasteiger partial charge >= 0.3 is 0 Å². The molecule has 1 aromatic heterocycles. The molecule has 0 aromatic carbocycles. The highest BCUT2D eigenvalue weighted by molar-refractivity contribution is 7.89. The fraction of sp³-hybridized carbons (Fsp3) is 0.667. The summed E-state index contributed by atoms with van der Waals surface area (Å²) in [5.41, 5.74) is 6.43. The Morgan fingerprint density at radius 3 is 2.63 bits per heavy atom. The number of nitrogens with one attached hydrogen (secondary N) is 1. The zero-order valence-electron chi connectivity index (χ0n) is 11.7. The second kappa shape index (κ2) is 7.04. The Kier molecular flexibility index (Phi) is 5.99. The van der Waals surface area contributed by atoms with Gasteiger partial charge in [0.15, 0.2) is 0 Å². The number of hydrogen-bond donors (Lipinski definition) is 2. The van der Waals surface area contributed by atoms with Crippen LogP contribution in [0.2, 0.25) is 0 Å². The molecular formula is C12H23N3O3S. The quantitative estimate of drug-likeness (QED) is 0.694. The molecule has 1 rings (SSSR count).